The third kappa shape index (κ3) is 11.7. The molecule has 0 aliphatic heterocycles. The number of methoxy groups -OCH3 is 4. The summed E-state index contributed by atoms with van der Waals surface area (Å²) < 4.78 is 39.1. The van der Waals surface area contributed by atoms with E-state index in [-0.39, 0.29) is 20.4 Å². The van der Waals surface area contributed by atoms with E-state index in [9.17, 15) is 0 Å². The fraction of sp³-hybridized carbons (Fsp3) is 0.724. The molecule has 0 fully saturated rings. The van der Waals surface area contributed by atoms with Crippen LogP contribution in [0.1, 0.15) is 88.7 Å². The molecule has 1 rings (SSSR count). The molecule has 0 N–H and O–H groups in total. The van der Waals surface area contributed by atoms with Crippen LogP contribution in [0, 0.1) is 18.8 Å². The van der Waals surface area contributed by atoms with Gasteiger partial charge in [-0.2, -0.15) is 0 Å². The van der Waals surface area contributed by atoms with Crippen LogP contribution in [0.4, 0.5) is 0 Å². The van der Waals surface area contributed by atoms with Crippen molar-refractivity contribution in [3.05, 3.63) is 11.1 Å². The van der Waals surface area contributed by atoms with Crippen molar-refractivity contribution in [3.8, 4) is 34.8 Å². The smallest absolute Gasteiger partial charge is 0.188 e. The SMILES string of the molecule is CCCCC#CCCCCCCCCCc1c(OCOC)c(OC)c(C)c(OCOC)c1OCOC. The quantitative estimate of drug-likeness (QED) is 0.103. The number of unbranched alkanes of at least 4 members (excludes halogenated alkanes) is 9. The summed E-state index contributed by atoms with van der Waals surface area (Å²) in [5, 5.41) is 0. The van der Waals surface area contributed by atoms with Crippen LogP contribution in [0.5, 0.6) is 23.0 Å². The summed E-state index contributed by atoms with van der Waals surface area (Å²) in [4.78, 5) is 0. The number of rotatable bonds is 21. The normalized spacial score (nSPS) is 10.6. The van der Waals surface area contributed by atoms with E-state index in [4.69, 9.17) is 33.2 Å². The zero-order chi connectivity index (χ0) is 26.4. The third-order valence-electron chi connectivity index (χ3n) is 5.82. The molecule has 0 aromatic heterocycles. The summed E-state index contributed by atoms with van der Waals surface area (Å²) in [6, 6.07) is 0. The zero-order valence-electron chi connectivity index (χ0n) is 23.5. The summed E-state index contributed by atoms with van der Waals surface area (Å²) in [6.07, 6.45) is 13.5. The molecule has 1 aromatic rings. The van der Waals surface area contributed by atoms with Gasteiger partial charge < -0.3 is 33.2 Å². The number of hydrogen-bond acceptors (Lipinski definition) is 7. The lowest BCUT2D eigenvalue weighted by atomic mass is 9.99. The molecule has 0 unspecified atom stereocenters. The molecule has 0 spiro atoms. The molecule has 0 amide bonds. The van der Waals surface area contributed by atoms with Crippen LogP contribution < -0.4 is 18.9 Å². The van der Waals surface area contributed by atoms with Crippen molar-refractivity contribution in [2.45, 2.75) is 90.9 Å². The molecule has 206 valence electrons. The van der Waals surface area contributed by atoms with Crippen molar-refractivity contribution >= 4 is 0 Å². The Labute approximate surface area is 219 Å². The van der Waals surface area contributed by atoms with Gasteiger partial charge in [0, 0.05) is 45.3 Å². The van der Waals surface area contributed by atoms with Gasteiger partial charge in [-0.15, -0.1) is 11.8 Å². The molecule has 0 aliphatic rings. The second-order valence-electron chi connectivity index (χ2n) is 8.71. The maximum Gasteiger partial charge on any atom is 0.188 e. The first-order chi connectivity index (χ1) is 17.7. The molecule has 0 saturated heterocycles. The Morgan fingerprint density at radius 1 is 0.556 bits per heavy atom. The summed E-state index contributed by atoms with van der Waals surface area (Å²) in [6.45, 7) is 4.40. The average molecular weight is 509 g/mol. The zero-order valence-corrected chi connectivity index (χ0v) is 23.5. The minimum absolute atomic E-state index is 0.0921. The summed E-state index contributed by atoms with van der Waals surface area (Å²) >= 11 is 0. The minimum atomic E-state index is 0.0921. The van der Waals surface area contributed by atoms with Crippen LogP contribution in [0.2, 0.25) is 0 Å². The highest BCUT2D eigenvalue weighted by Crippen LogP contribution is 2.49. The fourth-order valence-electron chi connectivity index (χ4n) is 3.97. The van der Waals surface area contributed by atoms with Gasteiger partial charge in [0.25, 0.3) is 0 Å². The molecule has 0 radical (unpaired) electrons. The van der Waals surface area contributed by atoms with Crippen LogP contribution in [-0.4, -0.2) is 48.8 Å². The lowest BCUT2D eigenvalue weighted by molar-refractivity contribution is 0.0287. The van der Waals surface area contributed by atoms with Gasteiger partial charge in [0.2, 0.25) is 0 Å². The summed E-state index contributed by atoms with van der Waals surface area (Å²) in [5.74, 6) is 8.96. The minimum Gasteiger partial charge on any atom is -0.492 e. The molecular weight excluding hydrogens is 460 g/mol. The first-order valence-corrected chi connectivity index (χ1v) is 13.2. The van der Waals surface area contributed by atoms with E-state index in [0.29, 0.717) is 23.0 Å². The topological polar surface area (TPSA) is 64.6 Å². The maximum atomic E-state index is 5.99. The first-order valence-electron chi connectivity index (χ1n) is 13.2. The molecule has 36 heavy (non-hydrogen) atoms. The van der Waals surface area contributed by atoms with Gasteiger partial charge in [-0.05, 0) is 32.6 Å². The third-order valence-corrected chi connectivity index (χ3v) is 5.82. The number of benzene rings is 1. The van der Waals surface area contributed by atoms with Crippen LogP contribution >= 0.6 is 0 Å². The van der Waals surface area contributed by atoms with Crippen molar-refractivity contribution in [2.24, 2.45) is 0 Å². The lowest BCUT2D eigenvalue weighted by Gasteiger charge is -2.24. The highest BCUT2D eigenvalue weighted by atomic mass is 16.7. The van der Waals surface area contributed by atoms with Crippen molar-refractivity contribution in [1.82, 2.24) is 0 Å². The van der Waals surface area contributed by atoms with Gasteiger partial charge in [-0.1, -0.05) is 45.4 Å². The second kappa shape index (κ2) is 21.0. The van der Waals surface area contributed by atoms with Crippen LogP contribution in [0.25, 0.3) is 0 Å². The van der Waals surface area contributed by atoms with E-state index >= 15 is 0 Å². The van der Waals surface area contributed by atoms with Crippen LogP contribution in [0.3, 0.4) is 0 Å². The summed E-state index contributed by atoms with van der Waals surface area (Å²) in [5.41, 5.74) is 1.66. The van der Waals surface area contributed by atoms with Crippen LogP contribution in [0.15, 0.2) is 0 Å². The number of hydrogen-bond donors (Lipinski definition) is 0. The van der Waals surface area contributed by atoms with Crippen molar-refractivity contribution in [3.63, 3.8) is 0 Å². The van der Waals surface area contributed by atoms with Gasteiger partial charge >= 0.3 is 0 Å². The monoisotopic (exact) mass is 508 g/mol. The molecule has 1 aromatic carbocycles. The van der Waals surface area contributed by atoms with E-state index in [1.54, 1.807) is 28.4 Å². The van der Waals surface area contributed by atoms with Gasteiger partial charge in [-0.25, -0.2) is 0 Å². The Kier molecular flexibility index (Phi) is 18.6. The molecule has 0 bridgehead atoms. The number of ether oxygens (including phenoxy) is 7. The van der Waals surface area contributed by atoms with Crippen molar-refractivity contribution < 1.29 is 33.2 Å². The predicted molar refractivity (Wildman–Crippen MR) is 143 cm³/mol. The summed E-state index contributed by atoms with van der Waals surface area (Å²) in [7, 11) is 6.39. The van der Waals surface area contributed by atoms with Crippen molar-refractivity contribution in [1.29, 1.82) is 0 Å². The fourth-order valence-corrected chi connectivity index (χ4v) is 3.97. The standard InChI is InChI=1S/C29H48O7/c1-7-8-9-10-11-12-13-14-15-16-17-18-19-20-25-28(35-22-31-4)26(33-6)24(2)27(34-21-30-3)29(25)36-23-32-5/h7-9,12-23H2,1-6H3. The van der Waals surface area contributed by atoms with Crippen molar-refractivity contribution in [2.75, 3.05) is 48.8 Å². The molecule has 7 nitrogen and oxygen atoms in total. The Hall–Kier alpha value is -2.14. The molecule has 7 heteroatoms. The largest absolute Gasteiger partial charge is 0.492 e. The predicted octanol–water partition coefficient (Wildman–Crippen LogP) is 6.81. The average Bonchev–Trinajstić information content (AvgIpc) is 2.89. The first kappa shape index (κ1) is 31.9. The van der Waals surface area contributed by atoms with Gasteiger partial charge in [-0.3, -0.25) is 0 Å². The highest BCUT2D eigenvalue weighted by molar-refractivity contribution is 5.66. The van der Waals surface area contributed by atoms with E-state index in [1.807, 2.05) is 6.92 Å². The molecule has 0 heterocycles. The van der Waals surface area contributed by atoms with Gasteiger partial charge in [0.15, 0.2) is 43.4 Å². The highest BCUT2D eigenvalue weighted by Gasteiger charge is 2.26. The Morgan fingerprint density at radius 3 is 1.56 bits per heavy atom. The molecule has 0 atom stereocenters. The Bertz CT molecular complexity index is 767. The Morgan fingerprint density at radius 2 is 1.03 bits per heavy atom. The van der Waals surface area contributed by atoms with E-state index in [2.05, 4.69) is 18.8 Å². The molecular formula is C29H48O7. The van der Waals surface area contributed by atoms with E-state index in [1.165, 1.54) is 44.9 Å². The van der Waals surface area contributed by atoms with Gasteiger partial charge in [0.1, 0.15) is 0 Å². The Balaban J connectivity index is 2.78. The van der Waals surface area contributed by atoms with E-state index in [0.717, 1.165) is 43.2 Å². The van der Waals surface area contributed by atoms with E-state index < -0.39 is 0 Å². The molecule has 0 aliphatic carbocycles. The maximum absolute atomic E-state index is 5.99. The van der Waals surface area contributed by atoms with Crippen LogP contribution in [-0.2, 0) is 20.6 Å². The lowest BCUT2D eigenvalue weighted by Crippen LogP contribution is -2.12. The molecule has 0 saturated carbocycles. The second-order valence-corrected chi connectivity index (χ2v) is 8.71. The van der Waals surface area contributed by atoms with Gasteiger partial charge in [0.05, 0.1) is 7.11 Å².